The lowest BCUT2D eigenvalue weighted by Crippen LogP contribution is -2.75. The number of benzene rings is 1. The number of rotatable bonds is 7. The second-order valence-electron chi connectivity index (χ2n) is 7.01. The first-order valence-electron chi connectivity index (χ1n) is 9.45. The fourth-order valence-corrected chi connectivity index (χ4v) is 4.74. The zero-order valence-corrected chi connectivity index (χ0v) is 19.2. The predicted octanol–water partition coefficient (Wildman–Crippen LogP) is 5.67. The Kier molecular flexibility index (Phi) is 7.53. The molecule has 0 amide bonds. The molecule has 0 fully saturated rings. The molecule has 1 aromatic carbocycles. The second kappa shape index (κ2) is 9.95. The highest BCUT2D eigenvalue weighted by Crippen LogP contribution is 2.36. The van der Waals surface area contributed by atoms with Gasteiger partial charge in [-0.15, -0.1) is 23.1 Å². The number of pyridine rings is 1. The number of aromatic nitrogens is 2. The van der Waals surface area contributed by atoms with Gasteiger partial charge in [-0.1, -0.05) is 12.1 Å². The number of nitrogens with zero attached hydrogens (tertiary/aromatic N) is 2. The van der Waals surface area contributed by atoms with Gasteiger partial charge in [0.15, 0.2) is 5.65 Å². The van der Waals surface area contributed by atoms with Crippen LogP contribution in [0.3, 0.4) is 0 Å². The van der Waals surface area contributed by atoms with E-state index >= 15 is 0 Å². The van der Waals surface area contributed by atoms with Gasteiger partial charge in [-0.3, -0.25) is 0 Å². The number of aryl methyl sites for hydroxylation is 2. The molecule has 0 bridgehead atoms. The Morgan fingerprint density at radius 1 is 1.23 bits per heavy atom. The van der Waals surface area contributed by atoms with E-state index in [1.165, 1.54) is 11.3 Å². The fraction of sp³-hybridized carbons (Fsp3) is 0.273. The summed E-state index contributed by atoms with van der Waals surface area (Å²) < 4.78 is 39.0. The van der Waals surface area contributed by atoms with Crippen LogP contribution in [0.4, 0.5) is 13.2 Å². The number of alkyl halides is 3. The highest BCUT2D eigenvalue weighted by Gasteiger charge is 2.27. The minimum Gasteiger partial charge on any atom is -0.235 e. The van der Waals surface area contributed by atoms with E-state index in [1.54, 1.807) is 25.0 Å². The summed E-state index contributed by atoms with van der Waals surface area (Å²) in [6.07, 6.45) is 3.14. The van der Waals surface area contributed by atoms with Crippen molar-refractivity contribution in [1.82, 2.24) is 9.97 Å². The number of hydrogen-bond acceptors (Lipinski definition) is 5. The third-order valence-corrected chi connectivity index (χ3v) is 6.83. The SMILES string of the molecule is CO[NH2+]/C=C\C=C(/C)c1nc2ncc(-c3cc(SCC(F)(F)F)c(C)cc3C)cc2s1. The molecule has 3 aromatic rings. The number of thiazole rings is 1. The van der Waals surface area contributed by atoms with E-state index < -0.39 is 11.9 Å². The van der Waals surface area contributed by atoms with Crippen LogP contribution in [0.25, 0.3) is 27.0 Å². The molecule has 0 aliphatic carbocycles. The summed E-state index contributed by atoms with van der Waals surface area (Å²) in [5.74, 6) is -0.909. The lowest BCUT2D eigenvalue weighted by molar-refractivity contribution is -0.842. The molecule has 2 heterocycles. The van der Waals surface area contributed by atoms with Crippen molar-refractivity contribution in [2.45, 2.75) is 31.8 Å². The molecule has 0 saturated heterocycles. The van der Waals surface area contributed by atoms with Crippen molar-refractivity contribution in [1.29, 1.82) is 0 Å². The minimum absolute atomic E-state index is 0.626. The summed E-state index contributed by atoms with van der Waals surface area (Å²) in [5.41, 5.74) is 6.82. The summed E-state index contributed by atoms with van der Waals surface area (Å²) >= 11 is 2.35. The molecular weight excluding hydrogens is 443 g/mol. The van der Waals surface area contributed by atoms with Crippen LogP contribution >= 0.6 is 23.1 Å². The van der Waals surface area contributed by atoms with Gasteiger partial charge in [0, 0.05) is 16.7 Å². The van der Waals surface area contributed by atoms with Gasteiger partial charge in [-0.25, -0.2) is 14.8 Å². The van der Waals surface area contributed by atoms with Crippen molar-refractivity contribution in [2.75, 3.05) is 12.9 Å². The molecule has 0 aliphatic heterocycles. The molecule has 0 spiro atoms. The van der Waals surface area contributed by atoms with E-state index in [1.807, 2.05) is 51.1 Å². The van der Waals surface area contributed by atoms with Gasteiger partial charge in [-0.2, -0.15) is 18.7 Å². The van der Waals surface area contributed by atoms with Gasteiger partial charge in [0.25, 0.3) is 0 Å². The number of hydroxylamine groups is 1. The van der Waals surface area contributed by atoms with E-state index in [4.69, 9.17) is 4.84 Å². The van der Waals surface area contributed by atoms with Crippen LogP contribution in [-0.2, 0) is 4.84 Å². The smallest absolute Gasteiger partial charge is 0.235 e. The number of hydrogen-bond donors (Lipinski definition) is 1. The summed E-state index contributed by atoms with van der Waals surface area (Å²) in [6, 6.07) is 5.75. The summed E-state index contributed by atoms with van der Waals surface area (Å²) in [7, 11) is 1.59. The Morgan fingerprint density at radius 2 is 2.00 bits per heavy atom. The number of allylic oxidation sites excluding steroid dienone is 3. The molecule has 164 valence electrons. The topological polar surface area (TPSA) is 51.6 Å². The van der Waals surface area contributed by atoms with E-state index in [9.17, 15) is 13.2 Å². The third kappa shape index (κ3) is 6.16. The normalized spacial score (nSPS) is 12.9. The molecule has 0 unspecified atom stereocenters. The first kappa shape index (κ1) is 23.5. The lowest BCUT2D eigenvalue weighted by Gasteiger charge is -2.13. The fourth-order valence-electron chi connectivity index (χ4n) is 2.99. The lowest BCUT2D eigenvalue weighted by atomic mass is 10.00. The molecule has 0 atom stereocenters. The van der Waals surface area contributed by atoms with Gasteiger partial charge in [0.1, 0.15) is 11.2 Å². The highest BCUT2D eigenvalue weighted by molar-refractivity contribution is 7.99. The maximum absolute atomic E-state index is 12.7. The monoisotopic (exact) mass is 466 g/mol. The van der Waals surface area contributed by atoms with Crippen molar-refractivity contribution in [3.05, 3.63) is 58.9 Å². The van der Waals surface area contributed by atoms with E-state index in [0.29, 0.717) is 10.5 Å². The Balaban J connectivity index is 1.93. The maximum Gasteiger partial charge on any atom is 0.398 e. The van der Waals surface area contributed by atoms with Crippen LogP contribution in [0.2, 0.25) is 0 Å². The number of thioether (sulfide) groups is 1. The summed E-state index contributed by atoms with van der Waals surface area (Å²) in [6.45, 7) is 5.77. The Morgan fingerprint density at radius 3 is 2.71 bits per heavy atom. The molecule has 0 saturated carbocycles. The first-order chi connectivity index (χ1) is 14.7. The van der Waals surface area contributed by atoms with Crippen molar-refractivity contribution < 1.29 is 23.5 Å². The molecule has 0 aliphatic rings. The highest BCUT2D eigenvalue weighted by atomic mass is 32.2. The number of nitrogens with two attached hydrogens (primary N) is 1. The zero-order chi connectivity index (χ0) is 22.6. The summed E-state index contributed by atoms with van der Waals surface area (Å²) in [4.78, 5) is 14.6. The van der Waals surface area contributed by atoms with Gasteiger partial charge < -0.3 is 0 Å². The van der Waals surface area contributed by atoms with E-state index in [2.05, 4.69) is 9.97 Å². The molecule has 0 radical (unpaired) electrons. The zero-order valence-electron chi connectivity index (χ0n) is 17.6. The Labute approximate surface area is 187 Å². The van der Waals surface area contributed by atoms with Crippen LogP contribution < -0.4 is 5.48 Å². The van der Waals surface area contributed by atoms with Crippen LogP contribution in [0.1, 0.15) is 23.1 Å². The molecular formula is C22H23F3N3OS2+. The van der Waals surface area contributed by atoms with Crippen molar-refractivity contribution in [3.63, 3.8) is 0 Å². The van der Waals surface area contributed by atoms with E-state index in [0.717, 1.165) is 49.3 Å². The average Bonchev–Trinajstić information content (AvgIpc) is 3.13. The van der Waals surface area contributed by atoms with Crippen LogP contribution in [-0.4, -0.2) is 29.0 Å². The molecule has 4 nitrogen and oxygen atoms in total. The van der Waals surface area contributed by atoms with Gasteiger partial charge in [-0.05, 0) is 61.2 Å². The van der Waals surface area contributed by atoms with Crippen molar-refractivity contribution in [3.8, 4) is 11.1 Å². The van der Waals surface area contributed by atoms with Gasteiger partial charge in [0.05, 0.1) is 17.6 Å². The third-order valence-electron chi connectivity index (χ3n) is 4.48. The standard InChI is InChI=1S/C22H22F3N3OS2/c1-13(6-5-7-27-29-4)21-28-20-19(31-21)9-16(11-26-20)17-10-18(15(3)8-14(17)2)30-12-22(23,24)25/h5-11,27H,12H2,1-4H3/p+1/b7-5-,13-6+. The number of fused-ring (bicyclic) bond motifs is 1. The minimum atomic E-state index is -4.20. The molecule has 2 aromatic heterocycles. The van der Waals surface area contributed by atoms with Gasteiger partial charge >= 0.3 is 6.18 Å². The molecule has 3 rings (SSSR count). The quantitative estimate of drug-likeness (QED) is 0.277. The van der Waals surface area contributed by atoms with Crippen LogP contribution in [0.5, 0.6) is 0 Å². The molecule has 2 N–H and O–H groups in total. The number of halogens is 3. The van der Waals surface area contributed by atoms with Crippen molar-refractivity contribution in [2.24, 2.45) is 0 Å². The Hall–Kier alpha value is -2.20. The first-order valence-corrected chi connectivity index (χ1v) is 11.3. The van der Waals surface area contributed by atoms with Gasteiger partial charge in [0.2, 0.25) is 0 Å². The van der Waals surface area contributed by atoms with E-state index in [-0.39, 0.29) is 0 Å². The van der Waals surface area contributed by atoms with Crippen LogP contribution in [0, 0.1) is 13.8 Å². The average molecular weight is 467 g/mol. The Bertz CT molecular complexity index is 1140. The summed E-state index contributed by atoms with van der Waals surface area (Å²) in [5, 5.41) is 0.865. The maximum atomic E-state index is 12.7. The van der Waals surface area contributed by atoms with Crippen molar-refractivity contribution >= 4 is 39.0 Å². The number of quaternary nitrogens is 1. The largest absolute Gasteiger partial charge is 0.398 e. The van der Waals surface area contributed by atoms with Crippen LogP contribution in [0.15, 0.2) is 47.6 Å². The second-order valence-corrected chi connectivity index (χ2v) is 9.06. The molecule has 31 heavy (non-hydrogen) atoms. The predicted molar refractivity (Wildman–Crippen MR) is 121 cm³/mol. The molecule has 9 heteroatoms.